The molecule has 3 heterocycles. The SMILES string of the molecule is Cc1cccc(-c2cccc(-c3ccc(-c4nc(-c5ccccc5)nc(-c5ccccc5)n4)cc3)c2-c2ccccc2-c2nc(-c3ccccc3)nc(-c3ccccc3)n2)n1. The van der Waals surface area contributed by atoms with Gasteiger partial charge in [-0.05, 0) is 41.3 Å². The second-order valence-electron chi connectivity index (χ2n) is 14.6. The molecule has 0 aliphatic rings. The van der Waals surface area contributed by atoms with E-state index >= 15 is 0 Å². The molecular formula is C54H37N7. The highest BCUT2D eigenvalue weighted by Gasteiger charge is 2.22. The predicted octanol–water partition coefficient (Wildman–Crippen LogP) is 12.8. The maximum Gasteiger partial charge on any atom is 0.164 e. The van der Waals surface area contributed by atoms with Gasteiger partial charge in [-0.3, -0.25) is 4.98 Å². The van der Waals surface area contributed by atoms with Crippen molar-refractivity contribution in [3.05, 3.63) is 212 Å². The number of hydrogen-bond acceptors (Lipinski definition) is 7. The smallest absolute Gasteiger partial charge is 0.164 e. The van der Waals surface area contributed by atoms with Crippen molar-refractivity contribution in [2.45, 2.75) is 6.92 Å². The summed E-state index contributed by atoms with van der Waals surface area (Å²) in [6.07, 6.45) is 0. The van der Waals surface area contributed by atoms with Crippen LogP contribution < -0.4 is 0 Å². The summed E-state index contributed by atoms with van der Waals surface area (Å²) in [6.45, 7) is 2.02. The zero-order chi connectivity index (χ0) is 41.0. The van der Waals surface area contributed by atoms with Crippen LogP contribution in [0.15, 0.2) is 206 Å². The van der Waals surface area contributed by atoms with E-state index in [4.69, 9.17) is 34.9 Å². The topological polar surface area (TPSA) is 90.2 Å². The first-order chi connectivity index (χ1) is 30.1. The molecule has 3 aromatic heterocycles. The van der Waals surface area contributed by atoms with E-state index in [1.165, 1.54) is 0 Å². The van der Waals surface area contributed by atoms with Gasteiger partial charge in [0.15, 0.2) is 34.9 Å². The third-order valence-electron chi connectivity index (χ3n) is 10.5. The second kappa shape index (κ2) is 16.5. The Kier molecular flexibility index (Phi) is 10.0. The van der Waals surface area contributed by atoms with E-state index in [1.807, 2.05) is 140 Å². The fourth-order valence-corrected chi connectivity index (χ4v) is 7.55. The lowest BCUT2D eigenvalue weighted by Crippen LogP contribution is -2.02. The van der Waals surface area contributed by atoms with E-state index < -0.39 is 0 Å². The van der Waals surface area contributed by atoms with Gasteiger partial charge in [-0.25, -0.2) is 29.9 Å². The molecular weight excluding hydrogens is 747 g/mol. The fraction of sp³-hybridized carbons (Fsp3) is 0.0185. The molecule has 0 aliphatic heterocycles. The van der Waals surface area contributed by atoms with Crippen molar-refractivity contribution in [2.75, 3.05) is 0 Å². The van der Waals surface area contributed by atoms with Crippen molar-refractivity contribution >= 4 is 0 Å². The van der Waals surface area contributed by atoms with Gasteiger partial charge in [0, 0.05) is 44.6 Å². The van der Waals surface area contributed by atoms with Crippen LogP contribution in [-0.2, 0) is 0 Å². The average Bonchev–Trinajstić information content (AvgIpc) is 3.34. The van der Waals surface area contributed by atoms with Crippen LogP contribution in [-0.4, -0.2) is 34.9 Å². The Morgan fingerprint density at radius 3 is 1.03 bits per heavy atom. The van der Waals surface area contributed by atoms with Crippen LogP contribution in [0.3, 0.4) is 0 Å². The van der Waals surface area contributed by atoms with E-state index in [2.05, 4.69) is 72.8 Å². The van der Waals surface area contributed by atoms with Crippen LogP contribution in [0.2, 0.25) is 0 Å². The summed E-state index contributed by atoms with van der Waals surface area (Å²) in [7, 11) is 0. The monoisotopic (exact) mass is 783 g/mol. The number of hydrogen-bond donors (Lipinski definition) is 0. The number of aryl methyl sites for hydroxylation is 1. The molecule has 0 atom stereocenters. The summed E-state index contributed by atoms with van der Waals surface area (Å²) in [5, 5.41) is 0. The molecule has 0 saturated heterocycles. The lowest BCUT2D eigenvalue weighted by molar-refractivity contribution is 1.07. The van der Waals surface area contributed by atoms with Crippen LogP contribution in [0, 0.1) is 6.92 Å². The molecule has 0 spiro atoms. The molecule has 61 heavy (non-hydrogen) atoms. The summed E-state index contributed by atoms with van der Waals surface area (Å²) >= 11 is 0. The molecule has 0 saturated carbocycles. The summed E-state index contributed by atoms with van der Waals surface area (Å²) in [6, 6.07) is 69.6. The summed E-state index contributed by atoms with van der Waals surface area (Å²) < 4.78 is 0. The van der Waals surface area contributed by atoms with Gasteiger partial charge in [0.2, 0.25) is 0 Å². The van der Waals surface area contributed by atoms with Crippen molar-refractivity contribution in [1.29, 1.82) is 0 Å². The highest BCUT2D eigenvalue weighted by molar-refractivity contribution is 5.98. The highest BCUT2D eigenvalue weighted by atomic mass is 15.0. The lowest BCUT2D eigenvalue weighted by Gasteiger charge is -2.19. The van der Waals surface area contributed by atoms with Crippen LogP contribution >= 0.6 is 0 Å². The predicted molar refractivity (Wildman–Crippen MR) is 245 cm³/mol. The first kappa shape index (κ1) is 37.0. The van der Waals surface area contributed by atoms with E-state index in [1.54, 1.807) is 0 Å². The van der Waals surface area contributed by atoms with Gasteiger partial charge in [0.1, 0.15) is 0 Å². The summed E-state index contributed by atoms with van der Waals surface area (Å²) in [5.41, 5.74) is 12.3. The normalized spacial score (nSPS) is 11.0. The molecule has 7 nitrogen and oxygen atoms in total. The molecule has 0 amide bonds. The largest absolute Gasteiger partial charge is 0.253 e. The molecule has 0 radical (unpaired) electrons. The first-order valence-electron chi connectivity index (χ1n) is 20.2. The third-order valence-corrected chi connectivity index (χ3v) is 10.5. The standard InChI is InChI=1S/C54H37N7/c1-36-18-16-31-47(55-36)46-30-17-29-43(37-32-34-42(35-33-37)53-57-49(38-19-6-2-7-20-38)56-50(58-53)39-21-8-3-9-22-39)48(46)44-27-14-15-28-45(44)54-60-51(40-23-10-4-11-24-40)59-52(61-54)41-25-12-5-13-26-41/h2-35H,1H3. The molecule has 10 rings (SSSR count). The van der Waals surface area contributed by atoms with Gasteiger partial charge >= 0.3 is 0 Å². The van der Waals surface area contributed by atoms with Gasteiger partial charge in [0.05, 0.1) is 5.69 Å². The summed E-state index contributed by atoms with van der Waals surface area (Å²) in [4.78, 5) is 35.2. The lowest BCUT2D eigenvalue weighted by atomic mass is 9.86. The molecule has 0 fully saturated rings. The Bertz CT molecular complexity index is 3000. The maximum absolute atomic E-state index is 5.15. The number of aromatic nitrogens is 7. The second-order valence-corrected chi connectivity index (χ2v) is 14.6. The molecule has 0 unspecified atom stereocenters. The van der Waals surface area contributed by atoms with Crippen LogP contribution in [0.25, 0.3) is 102 Å². The molecule has 0 N–H and O–H groups in total. The Morgan fingerprint density at radius 1 is 0.230 bits per heavy atom. The molecule has 0 bridgehead atoms. The summed E-state index contributed by atoms with van der Waals surface area (Å²) in [5.74, 6) is 3.63. The van der Waals surface area contributed by atoms with Gasteiger partial charge in [-0.1, -0.05) is 194 Å². The Morgan fingerprint density at radius 2 is 0.574 bits per heavy atom. The molecule has 7 aromatic carbocycles. The van der Waals surface area contributed by atoms with Crippen molar-refractivity contribution in [1.82, 2.24) is 34.9 Å². The van der Waals surface area contributed by atoms with E-state index in [0.29, 0.717) is 34.9 Å². The van der Waals surface area contributed by atoms with Gasteiger partial charge in [-0.2, -0.15) is 0 Å². The van der Waals surface area contributed by atoms with Gasteiger partial charge < -0.3 is 0 Å². The van der Waals surface area contributed by atoms with Crippen molar-refractivity contribution in [2.24, 2.45) is 0 Å². The molecule has 288 valence electrons. The Balaban J connectivity index is 1.14. The Hall–Kier alpha value is -8.29. The quantitative estimate of drug-likeness (QED) is 0.144. The van der Waals surface area contributed by atoms with Gasteiger partial charge in [-0.15, -0.1) is 0 Å². The number of nitrogens with zero attached hydrogens (tertiary/aromatic N) is 7. The average molecular weight is 784 g/mol. The van der Waals surface area contributed by atoms with E-state index in [0.717, 1.165) is 72.6 Å². The minimum Gasteiger partial charge on any atom is -0.253 e. The van der Waals surface area contributed by atoms with Crippen LogP contribution in [0.5, 0.6) is 0 Å². The number of pyridine rings is 1. The minimum absolute atomic E-state index is 0.579. The third kappa shape index (κ3) is 7.71. The zero-order valence-corrected chi connectivity index (χ0v) is 33.3. The van der Waals surface area contributed by atoms with Crippen molar-refractivity contribution < 1.29 is 0 Å². The van der Waals surface area contributed by atoms with Gasteiger partial charge in [0.25, 0.3) is 0 Å². The number of rotatable bonds is 9. The Labute approximate surface area is 354 Å². The molecule has 0 aliphatic carbocycles. The number of benzene rings is 7. The highest BCUT2D eigenvalue weighted by Crippen LogP contribution is 2.44. The molecule has 7 heteroatoms. The van der Waals surface area contributed by atoms with Crippen molar-refractivity contribution in [3.8, 4) is 102 Å². The van der Waals surface area contributed by atoms with E-state index in [9.17, 15) is 0 Å². The first-order valence-corrected chi connectivity index (χ1v) is 20.2. The fourth-order valence-electron chi connectivity index (χ4n) is 7.55. The van der Waals surface area contributed by atoms with Crippen molar-refractivity contribution in [3.63, 3.8) is 0 Å². The van der Waals surface area contributed by atoms with Crippen LogP contribution in [0.1, 0.15) is 5.69 Å². The van der Waals surface area contributed by atoms with Crippen LogP contribution in [0.4, 0.5) is 0 Å². The van der Waals surface area contributed by atoms with E-state index in [-0.39, 0.29) is 0 Å². The zero-order valence-electron chi connectivity index (χ0n) is 33.3. The minimum atomic E-state index is 0.579. The molecule has 10 aromatic rings. The maximum atomic E-state index is 5.15.